The Morgan fingerprint density at radius 3 is 2.47 bits per heavy atom. The molecule has 172 valence electrons. The highest BCUT2D eigenvalue weighted by Crippen LogP contribution is 2.66. The van der Waals surface area contributed by atoms with Crippen LogP contribution < -0.4 is 5.32 Å². The second-order valence-electron chi connectivity index (χ2n) is 6.26. The van der Waals surface area contributed by atoms with E-state index >= 15 is 0 Å². The SMILES string of the molecule is C=C1C=CN([C@@H]2O[C@H](CO[P@@](O)(=S)OP(=O)(O)OP(=O)(O)O)[C@@H](O)[C@@]2(C)O)C(=O)N1. The third-order valence-electron chi connectivity index (χ3n) is 3.76. The van der Waals surface area contributed by atoms with Crippen molar-refractivity contribution in [1.29, 1.82) is 0 Å². The van der Waals surface area contributed by atoms with Crippen molar-refractivity contribution in [3.8, 4) is 0 Å². The minimum absolute atomic E-state index is 0.276. The number of rotatable bonds is 8. The van der Waals surface area contributed by atoms with Gasteiger partial charge in [-0.2, -0.15) is 4.31 Å². The van der Waals surface area contributed by atoms with Crippen LogP contribution in [0.15, 0.2) is 24.6 Å². The van der Waals surface area contributed by atoms with E-state index < -0.39 is 59.0 Å². The Bertz CT molecular complexity index is 888. The zero-order chi connectivity index (χ0) is 23.1. The van der Waals surface area contributed by atoms with Crippen LogP contribution in [-0.2, 0) is 38.8 Å². The number of ether oxygens (including phenoxy) is 1. The fourth-order valence-electron chi connectivity index (χ4n) is 2.51. The van der Waals surface area contributed by atoms with E-state index in [1.807, 2.05) is 0 Å². The summed E-state index contributed by atoms with van der Waals surface area (Å²) >= 11 is 4.46. The van der Waals surface area contributed by atoms with Gasteiger partial charge in [-0.1, -0.05) is 6.58 Å². The largest absolute Gasteiger partial charge is 0.488 e. The summed E-state index contributed by atoms with van der Waals surface area (Å²) in [7, 11) is -11.0. The Morgan fingerprint density at radius 1 is 1.33 bits per heavy atom. The first-order valence-corrected chi connectivity index (χ1v) is 13.4. The lowest BCUT2D eigenvalue weighted by atomic mass is 9.96. The first-order chi connectivity index (χ1) is 13.4. The average molecular weight is 512 g/mol. The monoisotopic (exact) mass is 512 g/mol. The Morgan fingerprint density at radius 2 is 1.93 bits per heavy atom. The second-order valence-corrected chi connectivity index (χ2v) is 12.1. The van der Waals surface area contributed by atoms with E-state index in [2.05, 4.69) is 32.3 Å². The van der Waals surface area contributed by atoms with Gasteiger partial charge >= 0.3 is 28.4 Å². The predicted octanol–water partition coefficient (Wildman–Crippen LogP) is -0.665. The molecule has 0 bridgehead atoms. The number of nitrogens with one attached hydrogen (secondary N) is 1. The standard InChI is InChI=1S/C11H19N2O13P3S/c1-6-3-4-13(10(15)12-6)9-11(2,16)8(14)7(24-9)5-23-29(22,30)26-28(20,21)25-27(17,18)19/h3-4,7-9,14,16H,1,5H2,2H3,(H,12,15)(H,20,21)(H,22,30)(H2,17,18,19)/t7-,8-,9-,11-,29-/m1/s1. The fraction of sp³-hybridized carbons (Fsp3) is 0.545. The summed E-state index contributed by atoms with van der Waals surface area (Å²) in [6.45, 7) is -0.744. The summed E-state index contributed by atoms with van der Waals surface area (Å²) in [6.07, 6.45) is -1.86. The number of phosphoric acid groups is 2. The lowest BCUT2D eigenvalue weighted by Gasteiger charge is -2.35. The van der Waals surface area contributed by atoms with E-state index in [4.69, 9.17) is 19.0 Å². The summed E-state index contributed by atoms with van der Waals surface area (Å²) in [5.41, 5.74) is -1.75. The van der Waals surface area contributed by atoms with Gasteiger partial charge in [0.1, 0.15) is 17.8 Å². The fourth-order valence-corrected chi connectivity index (χ4v) is 6.49. The van der Waals surface area contributed by atoms with Gasteiger partial charge in [0.15, 0.2) is 6.23 Å². The second kappa shape index (κ2) is 8.77. The molecule has 0 aromatic rings. The highest BCUT2D eigenvalue weighted by atomic mass is 32.5. The summed E-state index contributed by atoms with van der Waals surface area (Å²) in [5, 5.41) is 23.2. The number of urea groups is 1. The average Bonchev–Trinajstić information content (AvgIpc) is 2.73. The van der Waals surface area contributed by atoms with Crippen molar-refractivity contribution < 1.29 is 61.6 Å². The zero-order valence-electron chi connectivity index (χ0n) is 15.0. The van der Waals surface area contributed by atoms with Gasteiger partial charge in [-0.05, 0) is 24.8 Å². The molecule has 0 saturated carbocycles. The Kier molecular flexibility index (Phi) is 7.52. The summed E-state index contributed by atoms with van der Waals surface area (Å²) in [4.78, 5) is 49.1. The van der Waals surface area contributed by atoms with E-state index in [-0.39, 0.29) is 5.70 Å². The van der Waals surface area contributed by atoms with Crippen LogP contribution in [0.5, 0.6) is 0 Å². The maximum Gasteiger partial charge on any atom is 0.488 e. The van der Waals surface area contributed by atoms with Crippen molar-refractivity contribution in [1.82, 2.24) is 10.2 Å². The van der Waals surface area contributed by atoms with Crippen molar-refractivity contribution >= 4 is 40.2 Å². The van der Waals surface area contributed by atoms with Crippen LogP contribution in [0.2, 0.25) is 0 Å². The van der Waals surface area contributed by atoms with Crippen molar-refractivity contribution in [3.63, 3.8) is 0 Å². The van der Waals surface area contributed by atoms with Crippen LogP contribution >= 0.6 is 22.4 Å². The molecule has 6 atom stereocenters. The van der Waals surface area contributed by atoms with Crippen LogP contribution in [-0.4, -0.2) is 71.4 Å². The van der Waals surface area contributed by atoms with Gasteiger partial charge < -0.3 is 44.4 Å². The van der Waals surface area contributed by atoms with Crippen LogP contribution in [0.1, 0.15) is 6.92 Å². The smallest absolute Gasteiger partial charge is 0.387 e. The van der Waals surface area contributed by atoms with E-state index in [1.54, 1.807) is 0 Å². The zero-order valence-corrected chi connectivity index (χ0v) is 18.5. The number of aliphatic hydroxyl groups is 2. The van der Waals surface area contributed by atoms with Gasteiger partial charge in [-0.15, -0.1) is 0 Å². The third kappa shape index (κ3) is 6.48. The summed E-state index contributed by atoms with van der Waals surface area (Å²) < 4.78 is 39.9. The molecule has 0 aliphatic carbocycles. The molecule has 19 heteroatoms. The molecular formula is C11H19N2O13P3S. The molecule has 2 aliphatic rings. The molecule has 30 heavy (non-hydrogen) atoms. The number of nitrogens with zero attached hydrogens (tertiary/aromatic N) is 1. The normalized spacial score (nSPS) is 33.8. The lowest BCUT2D eigenvalue weighted by Crippen LogP contribution is -2.55. The van der Waals surface area contributed by atoms with Gasteiger partial charge in [0.25, 0.3) is 0 Å². The van der Waals surface area contributed by atoms with Crippen molar-refractivity contribution in [2.45, 2.75) is 31.0 Å². The Balaban J connectivity index is 2.07. The molecule has 7 N–H and O–H groups in total. The minimum atomic E-state index is -5.51. The van der Waals surface area contributed by atoms with E-state index in [0.29, 0.717) is 0 Å². The number of hydrogen-bond donors (Lipinski definition) is 7. The van der Waals surface area contributed by atoms with E-state index in [0.717, 1.165) is 11.8 Å². The van der Waals surface area contributed by atoms with Crippen molar-refractivity contribution in [2.75, 3.05) is 6.61 Å². The van der Waals surface area contributed by atoms with Crippen LogP contribution in [0, 0.1) is 0 Å². The highest BCUT2D eigenvalue weighted by molar-refractivity contribution is 8.08. The highest BCUT2D eigenvalue weighted by Gasteiger charge is 2.56. The molecule has 0 spiro atoms. The van der Waals surface area contributed by atoms with Crippen molar-refractivity contribution in [2.24, 2.45) is 0 Å². The van der Waals surface area contributed by atoms with Gasteiger partial charge in [0.2, 0.25) is 0 Å². The molecule has 2 rings (SSSR count). The minimum Gasteiger partial charge on any atom is -0.387 e. The molecule has 0 aromatic heterocycles. The molecule has 2 aliphatic heterocycles. The topological polar surface area (TPSA) is 225 Å². The molecule has 15 nitrogen and oxygen atoms in total. The van der Waals surface area contributed by atoms with Crippen molar-refractivity contribution in [3.05, 3.63) is 24.6 Å². The van der Waals surface area contributed by atoms with Gasteiger partial charge in [0.05, 0.1) is 6.61 Å². The Hall–Kier alpha value is -0.540. The van der Waals surface area contributed by atoms with Crippen LogP contribution in [0.3, 0.4) is 0 Å². The number of allylic oxidation sites excluding steroid dienone is 1. The molecule has 1 saturated heterocycles. The van der Waals surface area contributed by atoms with Gasteiger partial charge in [-0.3, -0.25) is 4.90 Å². The molecule has 0 aromatic carbocycles. The number of hydrogen-bond acceptors (Lipinski definition) is 10. The lowest BCUT2D eigenvalue weighted by molar-refractivity contribution is -0.106. The quantitative estimate of drug-likeness (QED) is 0.201. The number of carbonyl (C=O) groups is 1. The number of aliphatic hydroxyl groups excluding tert-OH is 1. The molecule has 1 fully saturated rings. The maximum absolute atomic E-state index is 12.1. The predicted molar refractivity (Wildman–Crippen MR) is 100 cm³/mol. The molecule has 2 amide bonds. The van der Waals surface area contributed by atoms with Gasteiger partial charge in [-0.25, -0.2) is 18.2 Å². The maximum atomic E-state index is 12.1. The van der Waals surface area contributed by atoms with Gasteiger partial charge in [0, 0.05) is 11.9 Å². The molecule has 2 heterocycles. The summed E-state index contributed by atoms with van der Waals surface area (Å²) in [5.74, 6) is 0. The molecular weight excluding hydrogens is 493 g/mol. The van der Waals surface area contributed by atoms with Crippen LogP contribution in [0.25, 0.3) is 0 Å². The molecule has 0 radical (unpaired) electrons. The van der Waals surface area contributed by atoms with Crippen LogP contribution in [0.4, 0.5) is 4.79 Å². The first kappa shape index (κ1) is 25.7. The molecule has 1 unspecified atom stereocenters. The first-order valence-electron chi connectivity index (χ1n) is 7.74. The number of amides is 2. The van der Waals surface area contributed by atoms with E-state index in [1.165, 1.54) is 12.3 Å². The Labute approximate surface area is 174 Å². The number of carbonyl (C=O) groups excluding carboxylic acids is 1. The third-order valence-corrected chi connectivity index (χ3v) is 8.48. The van der Waals surface area contributed by atoms with E-state index in [9.17, 15) is 33.9 Å². The summed E-state index contributed by atoms with van der Waals surface area (Å²) in [6, 6.07) is -0.715.